The van der Waals surface area contributed by atoms with Gasteiger partial charge in [-0.05, 0) is 41.8 Å². The maximum absolute atomic E-state index is 5.29. The van der Waals surface area contributed by atoms with Crippen LogP contribution in [0.3, 0.4) is 0 Å². The molecule has 0 amide bonds. The summed E-state index contributed by atoms with van der Waals surface area (Å²) in [4.78, 5) is 0. The summed E-state index contributed by atoms with van der Waals surface area (Å²) < 4.78 is 10.6. The molecule has 0 N–H and O–H groups in total. The van der Waals surface area contributed by atoms with Gasteiger partial charge in [0.25, 0.3) is 0 Å². The molecular weight excluding hydrogens is 296 g/mol. The van der Waals surface area contributed by atoms with Gasteiger partial charge in [-0.1, -0.05) is 63.3 Å². The molecule has 0 aliphatic carbocycles. The van der Waals surface area contributed by atoms with Crippen LogP contribution in [0.25, 0.3) is 0 Å². The molecule has 24 heavy (non-hydrogen) atoms. The van der Waals surface area contributed by atoms with Gasteiger partial charge >= 0.3 is 0 Å². The van der Waals surface area contributed by atoms with E-state index in [4.69, 9.17) is 9.47 Å². The standard InChI is InChI=1S/C22H30O2/c1-4-5-6-7-8-9-22(18-10-14-20(23-2)15-11-18)19-12-16-21(24-3)17-13-19/h10-17,22H,4-9H2,1-3H3. The highest BCUT2D eigenvalue weighted by Crippen LogP contribution is 2.32. The number of hydrogen-bond donors (Lipinski definition) is 0. The summed E-state index contributed by atoms with van der Waals surface area (Å²) in [6, 6.07) is 17.0. The lowest BCUT2D eigenvalue weighted by Crippen LogP contribution is -2.02. The van der Waals surface area contributed by atoms with E-state index in [0.717, 1.165) is 11.5 Å². The minimum absolute atomic E-state index is 0.434. The second kappa shape index (κ2) is 10.0. The average molecular weight is 326 g/mol. The van der Waals surface area contributed by atoms with E-state index in [1.807, 2.05) is 0 Å². The van der Waals surface area contributed by atoms with Gasteiger partial charge in [0, 0.05) is 5.92 Å². The van der Waals surface area contributed by atoms with Crippen LogP contribution in [0.2, 0.25) is 0 Å². The molecule has 2 rings (SSSR count). The van der Waals surface area contributed by atoms with Crippen LogP contribution in [0.1, 0.15) is 62.5 Å². The van der Waals surface area contributed by atoms with Crippen LogP contribution in [0.5, 0.6) is 11.5 Å². The maximum Gasteiger partial charge on any atom is 0.118 e. The number of rotatable bonds is 10. The van der Waals surface area contributed by atoms with Gasteiger partial charge in [0.1, 0.15) is 11.5 Å². The molecule has 0 heterocycles. The van der Waals surface area contributed by atoms with Crippen molar-refractivity contribution in [2.45, 2.75) is 51.4 Å². The molecule has 0 saturated heterocycles. The minimum Gasteiger partial charge on any atom is -0.497 e. The Kier molecular flexibility index (Phi) is 7.67. The van der Waals surface area contributed by atoms with E-state index in [1.165, 1.54) is 49.7 Å². The fraction of sp³-hybridized carbons (Fsp3) is 0.455. The van der Waals surface area contributed by atoms with Crippen LogP contribution in [-0.4, -0.2) is 14.2 Å². The first-order valence-corrected chi connectivity index (χ1v) is 9.06. The molecule has 0 fully saturated rings. The first kappa shape index (κ1) is 18.4. The minimum atomic E-state index is 0.434. The summed E-state index contributed by atoms with van der Waals surface area (Å²) in [5.41, 5.74) is 2.72. The van der Waals surface area contributed by atoms with Crippen LogP contribution in [-0.2, 0) is 0 Å². The molecule has 2 aromatic rings. The van der Waals surface area contributed by atoms with Crippen molar-refractivity contribution in [2.24, 2.45) is 0 Å². The molecule has 0 aliphatic rings. The summed E-state index contributed by atoms with van der Waals surface area (Å²) in [6.07, 6.45) is 7.74. The van der Waals surface area contributed by atoms with E-state index in [0.29, 0.717) is 5.92 Å². The summed E-state index contributed by atoms with van der Waals surface area (Å²) in [7, 11) is 3.42. The Hall–Kier alpha value is -1.96. The number of ether oxygens (including phenoxy) is 2. The third kappa shape index (κ3) is 5.30. The van der Waals surface area contributed by atoms with Gasteiger partial charge in [-0.3, -0.25) is 0 Å². The molecule has 0 saturated carbocycles. The Morgan fingerprint density at radius 3 is 1.54 bits per heavy atom. The molecule has 0 atom stereocenters. The van der Waals surface area contributed by atoms with Gasteiger partial charge in [-0.25, -0.2) is 0 Å². The van der Waals surface area contributed by atoms with E-state index in [1.54, 1.807) is 14.2 Å². The predicted molar refractivity (Wildman–Crippen MR) is 101 cm³/mol. The Labute approximate surface area is 146 Å². The quantitative estimate of drug-likeness (QED) is 0.484. The van der Waals surface area contributed by atoms with Gasteiger partial charge in [-0.2, -0.15) is 0 Å². The molecule has 2 aromatic carbocycles. The number of methoxy groups -OCH3 is 2. The van der Waals surface area contributed by atoms with Crippen LogP contribution < -0.4 is 9.47 Å². The molecule has 2 heteroatoms. The molecule has 0 spiro atoms. The zero-order valence-corrected chi connectivity index (χ0v) is 15.3. The SMILES string of the molecule is CCCCCCCC(c1ccc(OC)cc1)c1ccc(OC)cc1. The topological polar surface area (TPSA) is 18.5 Å². The highest BCUT2D eigenvalue weighted by atomic mass is 16.5. The van der Waals surface area contributed by atoms with E-state index in [2.05, 4.69) is 55.5 Å². The summed E-state index contributed by atoms with van der Waals surface area (Å²) in [5, 5.41) is 0. The van der Waals surface area contributed by atoms with Crippen LogP contribution >= 0.6 is 0 Å². The van der Waals surface area contributed by atoms with Crippen molar-refractivity contribution < 1.29 is 9.47 Å². The molecule has 0 aliphatic heterocycles. The highest BCUT2D eigenvalue weighted by Gasteiger charge is 2.14. The molecule has 0 aromatic heterocycles. The summed E-state index contributed by atoms with van der Waals surface area (Å²) in [5.74, 6) is 2.26. The van der Waals surface area contributed by atoms with Crippen molar-refractivity contribution in [3.63, 3.8) is 0 Å². The van der Waals surface area contributed by atoms with Crippen molar-refractivity contribution >= 4 is 0 Å². The van der Waals surface area contributed by atoms with Crippen molar-refractivity contribution in [3.8, 4) is 11.5 Å². The Morgan fingerprint density at radius 1 is 0.667 bits per heavy atom. The average Bonchev–Trinajstić information content (AvgIpc) is 2.65. The fourth-order valence-corrected chi connectivity index (χ4v) is 3.15. The summed E-state index contributed by atoms with van der Waals surface area (Å²) in [6.45, 7) is 2.26. The Bertz CT molecular complexity index is 524. The largest absolute Gasteiger partial charge is 0.497 e. The second-order valence-electron chi connectivity index (χ2n) is 6.30. The summed E-state index contributed by atoms with van der Waals surface area (Å²) >= 11 is 0. The van der Waals surface area contributed by atoms with Crippen molar-refractivity contribution in [3.05, 3.63) is 59.7 Å². The van der Waals surface area contributed by atoms with Gasteiger partial charge in [0.15, 0.2) is 0 Å². The van der Waals surface area contributed by atoms with Gasteiger partial charge in [0.2, 0.25) is 0 Å². The normalized spacial score (nSPS) is 10.8. The second-order valence-corrected chi connectivity index (χ2v) is 6.30. The predicted octanol–water partition coefficient (Wildman–Crippen LogP) is 6.20. The van der Waals surface area contributed by atoms with Gasteiger partial charge < -0.3 is 9.47 Å². The molecule has 0 unspecified atom stereocenters. The van der Waals surface area contributed by atoms with Crippen molar-refractivity contribution in [2.75, 3.05) is 14.2 Å². The number of unbranched alkanes of at least 4 members (excludes halogenated alkanes) is 4. The zero-order valence-electron chi connectivity index (χ0n) is 15.3. The van der Waals surface area contributed by atoms with Gasteiger partial charge in [-0.15, -0.1) is 0 Å². The van der Waals surface area contributed by atoms with Crippen LogP contribution in [0.4, 0.5) is 0 Å². The first-order chi connectivity index (χ1) is 11.8. The lowest BCUT2D eigenvalue weighted by molar-refractivity contribution is 0.414. The van der Waals surface area contributed by atoms with Crippen LogP contribution in [0, 0.1) is 0 Å². The van der Waals surface area contributed by atoms with E-state index in [-0.39, 0.29) is 0 Å². The highest BCUT2D eigenvalue weighted by molar-refractivity contribution is 5.38. The Balaban J connectivity index is 2.12. The monoisotopic (exact) mass is 326 g/mol. The van der Waals surface area contributed by atoms with Gasteiger partial charge in [0.05, 0.1) is 14.2 Å². The fourth-order valence-electron chi connectivity index (χ4n) is 3.15. The smallest absolute Gasteiger partial charge is 0.118 e. The van der Waals surface area contributed by atoms with E-state index < -0.39 is 0 Å². The first-order valence-electron chi connectivity index (χ1n) is 9.06. The van der Waals surface area contributed by atoms with Crippen molar-refractivity contribution in [1.82, 2.24) is 0 Å². The molecular formula is C22H30O2. The third-order valence-electron chi connectivity index (χ3n) is 4.63. The maximum atomic E-state index is 5.29. The lowest BCUT2D eigenvalue weighted by atomic mass is 9.86. The number of hydrogen-bond acceptors (Lipinski definition) is 2. The number of benzene rings is 2. The van der Waals surface area contributed by atoms with E-state index in [9.17, 15) is 0 Å². The molecule has 0 radical (unpaired) electrons. The molecule has 130 valence electrons. The van der Waals surface area contributed by atoms with Crippen molar-refractivity contribution in [1.29, 1.82) is 0 Å². The van der Waals surface area contributed by atoms with Crippen LogP contribution in [0.15, 0.2) is 48.5 Å². The zero-order chi connectivity index (χ0) is 17.2. The van der Waals surface area contributed by atoms with E-state index >= 15 is 0 Å². The third-order valence-corrected chi connectivity index (χ3v) is 4.63. The molecule has 2 nitrogen and oxygen atoms in total. The molecule has 0 bridgehead atoms. The lowest BCUT2D eigenvalue weighted by Gasteiger charge is -2.19. The Morgan fingerprint density at radius 2 is 1.12 bits per heavy atom.